The van der Waals surface area contributed by atoms with Gasteiger partial charge in [0, 0.05) is 21.3 Å². The number of carbonyl (C=O) groups is 1. The number of rotatable bonds is 4. The Balaban J connectivity index is 3.07. The number of amides is 1. The van der Waals surface area contributed by atoms with E-state index in [2.05, 4.69) is 11.9 Å². The zero-order valence-electron chi connectivity index (χ0n) is 8.91. The summed E-state index contributed by atoms with van der Waals surface area (Å²) in [5.41, 5.74) is -0.174. The topological polar surface area (TPSA) is 63.2 Å². The average molecular weight is 312 g/mol. The minimum Gasteiger partial charge on any atom is -0.347 e. The molecular weight excluding hydrogens is 304 g/mol. The summed E-state index contributed by atoms with van der Waals surface area (Å²) in [6, 6.07) is 2.58. The number of carbonyl (C=O) groups excluding carboxylic acids is 1. The van der Waals surface area contributed by atoms with E-state index in [-0.39, 0.29) is 17.1 Å². The van der Waals surface area contributed by atoms with Crippen LogP contribution in [0, 0.1) is 5.82 Å². The molecule has 98 valence electrons. The molecule has 0 saturated carbocycles. The van der Waals surface area contributed by atoms with E-state index in [1.165, 1.54) is 0 Å². The number of benzene rings is 1. The van der Waals surface area contributed by atoms with Gasteiger partial charge in [0.05, 0.1) is 11.4 Å². The van der Waals surface area contributed by atoms with Crippen molar-refractivity contribution >= 4 is 37.2 Å². The molecule has 0 spiro atoms. The third-order valence-corrected chi connectivity index (χ3v) is 3.32. The summed E-state index contributed by atoms with van der Waals surface area (Å²) in [6.07, 6.45) is 0. The summed E-state index contributed by atoms with van der Waals surface area (Å²) < 4.78 is 35.3. The van der Waals surface area contributed by atoms with Crippen LogP contribution in [0.1, 0.15) is 10.4 Å². The maximum atomic E-state index is 13.2. The van der Waals surface area contributed by atoms with Crippen molar-refractivity contribution in [2.45, 2.75) is 4.90 Å². The first kappa shape index (κ1) is 14.9. The smallest absolute Gasteiger partial charge is 0.261 e. The fourth-order valence-corrected chi connectivity index (χ4v) is 1.97. The molecule has 1 N–H and O–H groups in total. The molecule has 1 amide bonds. The lowest BCUT2D eigenvalue weighted by Crippen LogP contribution is -2.24. The Labute approximate surface area is 113 Å². The second-order valence-corrected chi connectivity index (χ2v) is 6.41. The summed E-state index contributed by atoms with van der Waals surface area (Å²) in [6.45, 7) is 3.34. The van der Waals surface area contributed by atoms with Gasteiger partial charge in [-0.3, -0.25) is 4.79 Å². The minimum atomic E-state index is -4.10. The van der Waals surface area contributed by atoms with Crippen molar-refractivity contribution in [3.8, 4) is 0 Å². The van der Waals surface area contributed by atoms with Crippen molar-refractivity contribution < 1.29 is 17.6 Å². The largest absolute Gasteiger partial charge is 0.347 e. The molecule has 0 aliphatic heterocycles. The lowest BCUT2D eigenvalue weighted by molar-refractivity contribution is 0.0957. The summed E-state index contributed by atoms with van der Waals surface area (Å²) in [5.74, 6) is -1.57. The van der Waals surface area contributed by atoms with Crippen LogP contribution in [0.4, 0.5) is 4.39 Å². The molecule has 0 aliphatic rings. The Morgan fingerprint density at radius 1 is 1.39 bits per heavy atom. The van der Waals surface area contributed by atoms with E-state index < -0.39 is 25.7 Å². The van der Waals surface area contributed by atoms with E-state index in [9.17, 15) is 17.6 Å². The Morgan fingerprint density at radius 2 is 2.00 bits per heavy atom. The highest BCUT2D eigenvalue weighted by molar-refractivity contribution is 8.13. The predicted octanol–water partition coefficient (Wildman–Crippen LogP) is 2.24. The van der Waals surface area contributed by atoms with Crippen LogP contribution in [0.5, 0.6) is 0 Å². The maximum absolute atomic E-state index is 13.2. The lowest BCUT2D eigenvalue weighted by Gasteiger charge is -2.05. The first-order valence-corrected chi connectivity index (χ1v) is 7.25. The van der Waals surface area contributed by atoms with Crippen molar-refractivity contribution in [2.24, 2.45) is 0 Å². The first-order valence-electron chi connectivity index (χ1n) is 4.57. The van der Waals surface area contributed by atoms with Gasteiger partial charge in [0.1, 0.15) is 5.82 Å². The number of halogens is 3. The van der Waals surface area contributed by atoms with E-state index in [1.807, 2.05) is 0 Å². The third kappa shape index (κ3) is 4.29. The summed E-state index contributed by atoms with van der Waals surface area (Å²) in [5, 5.41) is 2.51. The molecule has 0 heterocycles. The second kappa shape index (κ2) is 5.69. The molecule has 18 heavy (non-hydrogen) atoms. The molecule has 1 aromatic carbocycles. The fourth-order valence-electron chi connectivity index (χ4n) is 1.11. The average Bonchev–Trinajstić information content (AvgIpc) is 2.23. The lowest BCUT2D eigenvalue weighted by atomic mass is 10.2. The van der Waals surface area contributed by atoms with Gasteiger partial charge in [0.25, 0.3) is 15.0 Å². The molecule has 0 aliphatic carbocycles. The Bertz CT molecular complexity index is 601. The Hall–Kier alpha value is -1.11. The van der Waals surface area contributed by atoms with E-state index in [0.29, 0.717) is 0 Å². The molecule has 0 fully saturated rings. The van der Waals surface area contributed by atoms with Gasteiger partial charge in [-0.2, -0.15) is 0 Å². The Kier molecular flexibility index (Phi) is 4.72. The van der Waals surface area contributed by atoms with Crippen molar-refractivity contribution in [3.63, 3.8) is 0 Å². The quantitative estimate of drug-likeness (QED) is 0.867. The Morgan fingerprint density at radius 3 is 2.50 bits per heavy atom. The molecule has 1 rings (SSSR count). The number of hydrogen-bond acceptors (Lipinski definition) is 3. The van der Waals surface area contributed by atoms with Crippen LogP contribution in [0.3, 0.4) is 0 Å². The van der Waals surface area contributed by atoms with Gasteiger partial charge < -0.3 is 5.32 Å². The highest BCUT2D eigenvalue weighted by atomic mass is 35.7. The summed E-state index contributed by atoms with van der Waals surface area (Å²) in [4.78, 5) is 11.1. The van der Waals surface area contributed by atoms with Crippen molar-refractivity contribution in [1.82, 2.24) is 5.32 Å². The molecule has 0 aromatic heterocycles. The number of hydrogen-bond donors (Lipinski definition) is 1. The maximum Gasteiger partial charge on any atom is 0.261 e. The van der Waals surface area contributed by atoms with Crippen LogP contribution in [0.15, 0.2) is 34.7 Å². The fraction of sp³-hybridized carbons (Fsp3) is 0.100. The van der Waals surface area contributed by atoms with Crippen molar-refractivity contribution in [2.75, 3.05) is 6.54 Å². The third-order valence-electron chi connectivity index (χ3n) is 1.86. The van der Waals surface area contributed by atoms with Crippen molar-refractivity contribution in [3.05, 3.63) is 41.2 Å². The zero-order chi connectivity index (χ0) is 13.9. The van der Waals surface area contributed by atoms with Gasteiger partial charge in [0.2, 0.25) is 0 Å². The molecule has 0 unspecified atom stereocenters. The highest BCUT2D eigenvalue weighted by Crippen LogP contribution is 2.18. The SMILES string of the molecule is C=C(Cl)CNC(=O)c1cc(F)cc(S(=O)(=O)Cl)c1. The molecular formula is C10H8Cl2FNO3S. The van der Waals surface area contributed by atoms with Crippen molar-refractivity contribution in [1.29, 1.82) is 0 Å². The highest BCUT2D eigenvalue weighted by Gasteiger charge is 2.15. The van der Waals surface area contributed by atoms with Crippen LogP contribution in [0.2, 0.25) is 0 Å². The van der Waals surface area contributed by atoms with Crippen LogP contribution < -0.4 is 5.32 Å². The zero-order valence-corrected chi connectivity index (χ0v) is 11.2. The van der Waals surface area contributed by atoms with Gasteiger partial charge in [-0.1, -0.05) is 18.2 Å². The van der Waals surface area contributed by atoms with Crippen LogP contribution in [-0.4, -0.2) is 20.9 Å². The van der Waals surface area contributed by atoms with Gasteiger partial charge in [-0.05, 0) is 18.2 Å². The molecule has 0 atom stereocenters. The second-order valence-electron chi connectivity index (χ2n) is 3.31. The molecule has 4 nitrogen and oxygen atoms in total. The van der Waals surface area contributed by atoms with E-state index in [4.69, 9.17) is 22.3 Å². The van der Waals surface area contributed by atoms with Gasteiger partial charge >= 0.3 is 0 Å². The van der Waals surface area contributed by atoms with E-state index >= 15 is 0 Å². The van der Waals surface area contributed by atoms with Crippen LogP contribution in [0.25, 0.3) is 0 Å². The first-order chi connectivity index (χ1) is 8.20. The van der Waals surface area contributed by atoms with Gasteiger partial charge in [-0.25, -0.2) is 12.8 Å². The molecule has 0 bridgehead atoms. The molecule has 0 saturated heterocycles. The summed E-state index contributed by atoms with van der Waals surface area (Å²) >= 11 is 5.44. The van der Waals surface area contributed by atoms with E-state index in [0.717, 1.165) is 18.2 Å². The normalized spacial score (nSPS) is 11.1. The van der Waals surface area contributed by atoms with Gasteiger partial charge in [-0.15, -0.1) is 0 Å². The standard InChI is InChI=1S/C10H8Cl2FNO3S/c1-6(11)5-14-10(15)7-2-8(13)4-9(3-7)18(12,16)17/h2-4H,1,5H2,(H,14,15). The number of nitrogens with one attached hydrogen (secondary N) is 1. The molecule has 8 heteroatoms. The van der Waals surface area contributed by atoms with Crippen LogP contribution in [-0.2, 0) is 9.05 Å². The minimum absolute atomic E-state index is 0.0140. The molecule has 1 aromatic rings. The summed E-state index contributed by atoms with van der Waals surface area (Å²) in [7, 11) is 0.969. The van der Waals surface area contributed by atoms with Gasteiger partial charge in [0.15, 0.2) is 0 Å². The van der Waals surface area contributed by atoms with Crippen LogP contribution >= 0.6 is 22.3 Å². The van der Waals surface area contributed by atoms with E-state index in [1.54, 1.807) is 0 Å². The predicted molar refractivity (Wildman–Crippen MR) is 66.8 cm³/mol. The monoisotopic (exact) mass is 311 g/mol. The molecule has 0 radical (unpaired) electrons.